The monoisotopic (exact) mass is 514 g/mol. The number of ether oxygens (including phenoxy) is 3. The van der Waals surface area contributed by atoms with Gasteiger partial charge in [-0.05, 0) is 63.2 Å². The fraction of sp³-hybridized carbons (Fsp3) is 0.962. The highest BCUT2D eigenvalue weighted by Crippen LogP contribution is 2.78. The van der Waals surface area contributed by atoms with Crippen molar-refractivity contribution < 1.29 is 49.6 Å². The maximum absolute atomic E-state index is 12.3. The maximum Gasteiger partial charge on any atom is 0.309 e. The largest absolute Gasteiger partial charge is 0.481 e. The molecule has 0 amide bonds. The lowest BCUT2D eigenvalue weighted by molar-refractivity contribution is -0.302. The SMILES string of the molecule is CC1(CCOC2OC(CO)C(O)C(O)C2O)CCC23OC2(C1)C(O)CC1C(C)(C(=O)O)CCCC13C. The Labute approximate surface area is 211 Å². The molecule has 206 valence electrons. The zero-order valence-electron chi connectivity index (χ0n) is 21.4. The molecule has 5 rings (SSSR count). The molecule has 0 spiro atoms. The van der Waals surface area contributed by atoms with E-state index in [0.29, 0.717) is 25.7 Å². The zero-order valence-corrected chi connectivity index (χ0v) is 21.4. The summed E-state index contributed by atoms with van der Waals surface area (Å²) in [4.78, 5) is 12.3. The summed E-state index contributed by atoms with van der Waals surface area (Å²) in [5.41, 5.74) is -2.61. The molecule has 3 saturated carbocycles. The van der Waals surface area contributed by atoms with Crippen LogP contribution in [0, 0.1) is 22.2 Å². The van der Waals surface area contributed by atoms with Gasteiger partial charge in [-0.1, -0.05) is 20.3 Å². The Bertz CT molecular complexity index is 883. The summed E-state index contributed by atoms with van der Waals surface area (Å²) in [6.45, 7) is 5.85. The van der Waals surface area contributed by atoms with Crippen LogP contribution in [0.4, 0.5) is 0 Å². The van der Waals surface area contributed by atoms with Gasteiger partial charge < -0.3 is 44.8 Å². The van der Waals surface area contributed by atoms with Crippen molar-refractivity contribution in [1.29, 1.82) is 0 Å². The van der Waals surface area contributed by atoms with Crippen LogP contribution in [0.3, 0.4) is 0 Å². The van der Waals surface area contributed by atoms with Crippen LogP contribution in [0.2, 0.25) is 0 Å². The van der Waals surface area contributed by atoms with Crippen LogP contribution >= 0.6 is 0 Å². The molecule has 10 heteroatoms. The second-order valence-corrected chi connectivity index (χ2v) is 12.9. The molecule has 5 fully saturated rings. The molecule has 5 aliphatic rings. The van der Waals surface area contributed by atoms with Crippen LogP contribution in [0.1, 0.15) is 72.1 Å². The molecule has 0 aromatic rings. The lowest BCUT2D eigenvalue weighted by atomic mass is 9.42. The highest BCUT2D eigenvalue weighted by atomic mass is 16.7. The average molecular weight is 515 g/mol. The minimum atomic E-state index is -1.48. The molecule has 36 heavy (non-hydrogen) atoms. The summed E-state index contributed by atoms with van der Waals surface area (Å²) >= 11 is 0. The summed E-state index contributed by atoms with van der Waals surface area (Å²) in [6, 6.07) is 0. The van der Waals surface area contributed by atoms with E-state index < -0.39 is 66.0 Å². The van der Waals surface area contributed by atoms with E-state index >= 15 is 0 Å². The van der Waals surface area contributed by atoms with Gasteiger partial charge in [0.2, 0.25) is 0 Å². The second kappa shape index (κ2) is 8.58. The van der Waals surface area contributed by atoms with Gasteiger partial charge in [-0.2, -0.15) is 0 Å². The quantitative estimate of drug-likeness (QED) is 0.275. The fourth-order valence-corrected chi connectivity index (χ4v) is 8.66. The number of hydrogen-bond acceptors (Lipinski definition) is 9. The number of rotatable bonds is 6. The summed E-state index contributed by atoms with van der Waals surface area (Å²) in [7, 11) is 0. The summed E-state index contributed by atoms with van der Waals surface area (Å²) in [6.07, 6.45) is -1.72. The van der Waals surface area contributed by atoms with Crippen molar-refractivity contribution in [2.24, 2.45) is 22.2 Å². The summed E-state index contributed by atoms with van der Waals surface area (Å²) in [5, 5.41) is 61.1. The molecule has 0 radical (unpaired) electrons. The number of epoxide rings is 1. The first-order valence-electron chi connectivity index (χ1n) is 13.3. The third-order valence-electron chi connectivity index (χ3n) is 10.9. The number of aliphatic hydroxyl groups excluding tert-OH is 5. The molecule has 2 aliphatic heterocycles. The first-order chi connectivity index (χ1) is 16.8. The zero-order chi connectivity index (χ0) is 26.3. The number of fused-ring (bicyclic) bond motifs is 1. The molecule has 12 unspecified atom stereocenters. The first-order valence-corrected chi connectivity index (χ1v) is 13.3. The van der Waals surface area contributed by atoms with Crippen LogP contribution < -0.4 is 0 Å². The van der Waals surface area contributed by atoms with E-state index in [9.17, 15) is 35.4 Å². The van der Waals surface area contributed by atoms with E-state index in [1.165, 1.54) is 0 Å². The van der Waals surface area contributed by atoms with Gasteiger partial charge in [-0.15, -0.1) is 0 Å². The van der Waals surface area contributed by atoms with Gasteiger partial charge >= 0.3 is 5.97 Å². The average Bonchev–Trinajstić information content (AvgIpc) is 3.53. The second-order valence-electron chi connectivity index (χ2n) is 12.9. The van der Waals surface area contributed by atoms with Crippen molar-refractivity contribution in [3.63, 3.8) is 0 Å². The van der Waals surface area contributed by atoms with Crippen molar-refractivity contribution in [1.82, 2.24) is 0 Å². The lowest BCUT2D eigenvalue weighted by Gasteiger charge is -2.59. The number of carboxylic acid groups (broad SMARTS) is 1. The number of carboxylic acids is 1. The fourth-order valence-electron chi connectivity index (χ4n) is 8.66. The molecule has 6 N–H and O–H groups in total. The van der Waals surface area contributed by atoms with Crippen molar-refractivity contribution in [2.75, 3.05) is 13.2 Å². The van der Waals surface area contributed by atoms with Gasteiger partial charge in [0, 0.05) is 5.41 Å². The van der Waals surface area contributed by atoms with Crippen LogP contribution in [-0.4, -0.2) is 97.8 Å². The Morgan fingerprint density at radius 1 is 1.00 bits per heavy atom. The molecule has 2 saturated heterocycles. The van der Waals surface area contributed by atoms with Gasteiger partial charge in [0.15, 0.2) is 6.29 Å². The van der Waals surface area contributed by atoms with Crippen LogP contribution in [0.5, 0.6) is 0 Å². The number of aliphatic carboxylic acids is 1. The highest BCUT2D eigenvalue weighted by Gasteiger charge is 2.86. The number of hydrogen-bond donors (Lipinski definition) is 6. The lowest BCUT2D eigenvalue weighted by Crippen LogP contribution is -2.64. The first kappa shape index (κ1) is 26.7. The van der Waals surface area contributed by atoms with Crippen molar-refractivity contribution in [3.05, 3.63) is 0 Å². The van der Waals surface area contributed by atoms with Gasteiger partial charge in [-0.25, -0.2) is 0 Å². The van der Waals surface area contributed by atoms with Crippen LogP contribution in [0.25, 0.3) is 0 Å². The van der Waals surface area contributed by atoms with E-state index in [4.69, 9.17) is 14.2 Å². The number of carbonyl (C=O) groups is 1. The molecule has 2 heterocycles. The Morgan fingerprint density at radius 3 is 2.39 bits per heavy atom. The van der Waals surface area contributed by atoms with Crippen molar-refractivity contribution >= 4 is 5.97 Å². The van der Waals surface area contributed by atoms with Gasteiger partial charge in [0.05, 0.1) is 24.7 Å². The Hall–Kier alpha value is -0.850. The predicted molar refractivity (Wildman–Crippen MR) is 125 cm³/mol. The van der Waals surface area contributed by atoms with Crippen molar-refractivity contribution in [2.45, 2.75) is 120 Å². The topological polar surface area (TPSA) is 169 Å². The molecule has 0 aromatic heterocycles. The smallest absolute Gasteiger partial charge is 0.309 e. The van der Waals surface area contributed by atoms with Gasteiger partial charge in [-0.3, -0.25) is 4.79 Å². The molecule has 3 aliphatic carbocycles. The Balaban J connectivity index is 1.28. The number of aliphatic hydroxyl groups is 5. The van der Waals surface area contributed by atoms with Crippen molar-refractivity contribution in [3.8, 4) is 0 Å². The van der Waals surface area contributed by atoms with E-state index in [1.54, 1.807) is 0 Å². The maximum atomic E-state index is 12.3. The minimum absolute atomic E-state index is 0.152. The molecule has 12 atom stereocenters. The summed E-state index contributed by atoms with van der Waals surface area (Å²) < 4.78 is 17.8. The predicted octanol–water partition coefficient (Wildman–Crippen LogP) is 0.553. The minimum Gasteiger partial charge on any atom is -0.481 e. The molecule has 0 bridgehead atoms. The Morgan fingerprint density at radius 2 is 1.72 bits per heavy atom. The third-order valence-corrected chi connectivity index (χ3v) is 10.9. The summed E-state index contributed by atoms with van der Waals surface area (Å²) in [5.74, 6) is -0.943. The van der Waals surface area contributed by atoms with Crippen LogP contribution in [-0.2, 0) is 19.0 Å². The highest BCUT2D eigenvalue weighted by molar-refractivity contribution is 5.75. The van der Waals surface area contributed by atoms with E-state index in [1.807, 2.05) is 6.92 Å². The van der Waals surface area contributed by atoms with E-state index in [-0.39, 0.29) is 23.4 Å². The van der Waals surface area contributed by atoms with E-state index in [2.05, 4.69) is 13.8 Å². The third kappa shape index (κ3) is 3.49. The molecule has 10 nitrogen and oxygen atoms in total. The Kier molecular flexibility index (Phi) is 6.37. The molecule has 0 aromatic carbocycles. The van der Waals surface area contributed by atoms with E-state index in [0.717, 1.165) is 25.7 Å². The normalized spacial score (nSPS) is 56.3. The van der Waals surface area contributed by atoms with Gasteiger partial charge in [0.1, 0.15) is 35.6 Å². The van der Waals surface area contributed by atoms with Crippen LogP contribution in [0.15, 0.2) is 0 Å². The van der Waals surface area contributed by atoms with Gasteiger partial charge in [0.25, 0.3) is 0 Å². The standard InChI is InChI=1S/C26H42O10/c1-22(9-10-34-20-19(31)18(30)17(29)14(12-27)35-20)7-8-26-24(3)6-4-5-23(2,21(32)33)15(24)11-16(28)25(26,13-22)36-26/h14-20,27-31H,4-13H2,1-3H3,(H,32,33). The molecular weight excluding hydrogens is 472 g/mol. The molecular formula is C26H42O10.